The second-order valence-electron chi connectivity index (χ2n) is 4.75. The number of carbonyl (C=O) groups excluding carboxylic acids is 1. The van der Waals surface area contributed by atoms with E-state index in [1.807, 2.05) is 24.4 Å². The topological polar surface area (TPSA) is 49.0 Å². The number of aromatic amines is 1. The van der Waals surface area contributed by atoms with Crippen molar-refractivity contribution in [3.05, 3.63) is 23.1 Å². The third-order valence-electron chi connectivity index (χ3n) is 3.43. The summed E-state index contributed by atoms with van der Waals surface area (Å²) in [5.41, 5.74) is 2.01. The Balaban J connectivity index is 1.93. The van der Waals surface area contributed by atoms with Gasteiger partial charge in [-0.3, -0.25) is 14.8 Å². The van der Waals surface area contributed by atoms with Crippen LogP contribution in [-0.4, -0.2) is 28.5 Å². The summed E-state index contributed by atoms with van der Waals surface area (Å²) in [6, 6.07) is 4.05. The summed E-state index contributed by atoms with van der Waals surface area (Å²) in [7, 11) is 0. The lowest BCUT2D eigenvalue weighted by Crippen LogP contribution is -2.25. The van der Waals surface area contributed by atoms with Crippen LogP contribution < -0.4 is 4.90 Å². The first-order valence-electron chi connectivity index (χ1n) is 6.16. The number of amides is 1. The Morgan fingerprint density at radius 2 is 2.47 bits per heavy atom. The van der Waals surface area contributed by atoms with Crippen LogP contribution in [0.3, 0.4) is 0 Å². The highest BCUT2D eigenvalue weighted by Crippen LogP contribution is 2.33. The molecule has 0 spiro atoms. The van der Waals surface area contributed by atoms with E-state index in [-0.39, 0.29) is 11.8 Å². The van der Waals surface area contributed by atoms with Crippen molar-refractivity contribution in [3.8, 4) is 10.6 Å². The van der Waals surface area contributed by atoms with Crippen molar-refractivity contribution in [1.82, 2.24) is 10.2 Å². The summed E-state index contributed by atoms with van der Waals surface area (Å²) in [5, 5.41) is 9.38. The van der Waals surface area contributed by atoms with Gasteiger partial charge >= 0.3 is 0 Å². The molecular weight excluding hydrogens is 282 g/mol. The van der Waals surface area contributed by atoms with Gasteiger partial charge in [0.1, 0.15) is 0 Å². The first-order valence-corrected chi connectivity index (χ1v) is 7.57. The van der Waals surface area contributed by atoms with Crippen molar-refractivity contribution in [2.45, 2.75) is 13.3 Å². The summed E-state index contributed by atoms with van der Waals surface area (Å²) in [6.07, 6.45) is 0.518. The average Bonchev–Trinajstić information content (AvgIpc) is 3.09. The van der Waals surface area contributed by atoms with Crippen LogP contribution in [0.15, 0.2) is 17.5 Å². The van der Waals surface area contributed by atoms with Gasteiger partial charge in [-0.1, -0.05) is 6.07 Å². The number of hydrogen-bond donors (Lipinski definition) is 1. The molecule has 1 N–H and O–H groups in total. The number of carbonyl (C=O) groups is 1. The summed E-state index contributed by atoms with van der Waals surface area (Å²) >= 11 is 7.50. The molecule has 0 bridgehead atoms. The van der Waals surface area contributed by atoms with Crippen LogP contribution in [-0.2, 0) is 4.79 Å². The summed E-state index contributed by atoms with van der Waals surface area (Å²) in [5.74, 6) is 1.60. The molecule has 1 amide bonds. The number of anilines is 1. The van der Waals surface area contributed by atoms with Crippen LogP contribution >= 0.6 is 22.9 Å². The molecule has 1 aliphatic heterocycles. The van der Waals surface area contributed by atoms with Gasteiger partial charge in [0.2, 0.25) is 5.91 Å². The van der Waals surface area contributed by atoms with E-state index in [1.54, 1.807) is 16.2 Å². The van der Waals surface area contributed by atoms with Crippen molar-refractivity contribution < 1.29 is 4.79 Å². The van der Waals surface area contributed by atoms with Crippen LogP contribution in [0.2, 0.25) is 0 Å². The Bertz CT molecular complexity index is 593. The standard InChI is InChI=1S/C13H14ClN3OS/c1-8-12(10-3-2-4-19-10)15-16-13(8)17-7-9(6-14)5-11(17)18/h2-4,9H,5-7H2,1H3,(H,15,16). The highest BCUT2D eigenvalue weighted by atomic mass is 35.5. The maximum Gasteiger partial charge on any atom is 0.228 e. The maximum atomic E-state index is 12.0. The molecule has 3 rings (SSSR count). The number of nitrogens with zero attached hydrogens (tertiary/aromatic N) is 2. The molecule has 0 radical (unpaired) electrons. The molecule has 0 aliphatic carbocycles. The van der Waals surface area contributed by atoms with Gasteiger partial charge in [0.05, 0.1) is 10.6 Å². The molecule has 4 nitrogen and oxygen atoms in total. The van der Waals surface area contributed by atoms with Crippen molar-refractivity contribution in [2.75, 3.05) is 17.3 Å². The van der Waals surface area contributed by atoms with Gasteiger partial charge in [-0.25, -0.2) is 0 Å². The molecule has 2 aromatic heterocycles. The first kappa shape index (κ1) is 12.7. The molecule has 0 saturated carbocycles. The van der Waals surface area contributed by atoms with Gasteiger partial charge in [0, 0.05) is 24.4 Å². The number of nitrogens with one attached hydrogen (secondary N) is 1. The molecule has 1 fully saturated rings. The molecule has 1 atom stereocenters. The van der Waals surface area contributed by atoms with Gasteiger partial charge in [-0.15, -0.1) is 22.9 Å². The van der Waals surface area contributed by atoms with E-state index in [1.165, 1.54) is 0 Å². The first-order chi connectivity index (χ1) is 9.20. The minimum absolute atomic E-state index is 0.109. The Morgan fingerprint density at radius 3 is 3.11 bits per heavy atom. The third-order valence-corrected chi connectivity index (χ3v) is 4.75. The largest absolute Gasteiger partial charge is 0.295 e. The zero-order valence-electron chi connectivity index (χ0n) is 10.5. The monoisotopic (exact) mass is 295 g/mol. The maximum absolute atomic E-state index is 12.0. The van der Waals surface area contributed by atoms with E-state index in [9.17, 15) is 4.79 Å². The highest BCUT2D eigenvalue weighted by Gasteiger charge is 2.32. The number of H-pyrrole nitrogens is 1. The second kappa shape index (κ2) is 4.98. The fourth-order valence-electron chi connectivity index (χ4n) is 2.40. The number of halogens is 1. The van der Waals surface area contributed by atoms with E-state index >= 15 is 0 Å². The normalized spacial score (nSPS) is 19.4. The van der Waals surface area contributed by atoms with Crippen molar-refractivity contribution in [3.63, 3.8) is 0 Å². The summed E-state index contributed by atoms with van der Waals surface area (Å²) in [6.45, 7) is 2.66. The predicted octanol–water partition coefficient (Wildman–Crippen LogP) is 3.04. The smallest absolute Gasteiger partial charge is 0.228 e. The van der Waals surface area contributed by atoms with Crippen LogP contribution in [0.5, 0.6) is 0 Å². The van der Waals surface area contributed by atoms with Crippen molar-refractivity contribution >= 4 is 34.7 Å². The fourth-order valence-corrected chi connectivity index (χ4v) is 3.39. The molecular formula is C13H14ClN3OS. The molecule has 0 aromatic carbocycles. The molecule has 2 aromatic rings. The van der Waals surface area contributed by atoms with Crippen LogP contribution in [0.1, 0.15) is 12.0 Å². The number of alkyl halides is 1. The lowest BCUT2D eigenvalue weighted by molar-refractivity contribution is -0.117. The van der Waals surface area contributed by atoms with Crippen molar-refractivity contribution in [1.29, 1.82) is 0 Å². The SMILES string of the molecule is Cc1c(N2CC(CCl)CC2=O)n[nH]c1-c1cccs1. The number of aromatic nitrogens is 2. The average molecular weight is 296 g/mol. The van der Waals surface area contributed by atoms with E-state index in [4.69, 9.17) is 11.6 Å². The summed E-state index contributed by atoms with van der Waals surface area (Å²) < 4.78 is 0. The predicted molar refractivity (Wildman–Crippen MR) is 77.8 cm³/mol. The minimum Gasteiger partial charge on any atom is -0.295 e. The number of hydrogen-bond acceptors (Lipinski definition) is 3. The quantitative estimate of drug-likeness (QED) is 0.885. The Labute approximate surface area is 120 Å². The van der Waals surface area contributed by atoms with Crippen LogP contribution in [0.25, 0.3) is 10.6 Å². The molecule has 1 saturated heterocycles. The molecule has 1 aliphatic rings. The lowest BCUT2D eigenvalue weighted by Gasteiger charge is -2.14. The Hall–Kier alpha value is -1.33. The Kier molecular flexibility index (Phi) is 3.33. The van der Waals surface area contributed by atoms with E-state index in [0.717, 1.165) is 22.0 Å². The minimum atomic E-state index is 0.109. The number of thiophene rings is 1. The lowest BCUT2D eigenvalue weighted by atomic mass is 10.1. The summed E-state index contributed by atoms with van der Waals surface area (Å²) in [4.78, 5) is 14.9. The Morgan fingerprint density at radius 1 is 1.63 bits per heavy atom. The number of rotatable bonds is 3. The molecule has 19 heavy (non-hydrogen) atoms. The van der Waals surface area contributed by atoms with Gasteiger partial charge < -0.3 is 0 Å². The molecule has 1 unspecified atom stereocenters. The van der Waals surface area contributed by atoms with E-state index in [0.29, 0.717) is 18.8 Å². The molecule has 3 heterocycles. The van der Waals surface area contributed by atoms with E-state index < -0.39 is 0 Å². The van der Waals surface area contributed by atoms with Crippen molar-refractivity contribution in [2.24, 2.45) is 5.92 Å². The molecule has 100 valence electrons. The van der Waals surface area contributed by atoms with Gasteiger partial charge in [0.15, 0.2) is 5.82 Å². The van der Waals surface area contributed by atoms with Gasteiger partial charge in [0.25, 0.3) is 0 Å². The van der Waals surface area contributed by atoms with E-state index in [2.05, 4.69) is 10.2 Å². The van der Waals surface area contributed by atoms with Crippen LogP contribution in [0, 0.1) is 12.8 Å². The zero-order valence-corrected chi connectivity index (χ0v) is 12.1. The second-order valence-corrected chi connectivity index (χ2v) is 6.01. The molecule has 6 heteroatoms. The highest BCUT2D eigenvalue weighted by molar-refractivity contribution is 7.13. The van der Waals surface area contributed by atoms with Gasteiger partial charge in [-0.2, -0.15) is 5.10 Å². The fraction of sp³-hybridized carbons (Fsp3) is 0.385. The zero-order chi connectivity index (χ0) is 13.4. The van der Waals surface area contributed by atoms with Gasteiger partial charge in [-0.05, 0) is 24.3 Å². The third kappa shape index (κ3) is 2.17. The van der Waals surface area contributed by atoms with Crippen LogP contribution in [0.4, 0.5) is 5.82 Å².